The Balaban J connectivity index is 2.99. The Morgan fingerprint density at radius 2 is 0.424 bits per heavy atom. The zero-order valence-corrected chi connectivity index (χ0v) is 23.7. The second-order valence-corrected chi connectivity index (χ2v) is 10.9. The van der Waals surface area contributed by atoms with E-state index in [0.717, 1.165) is 0 Å². The summed E-state index contributed by atoms with van der Waals surface area (Å²) in [7, 11) is 0. The van der Waals surface area contributed by atoms with Gasteiger partial charge >= 0.3 is 0 Å². The van der Waals surface area contributed by atoms with E-state index in [1.807, 2.05) is 0 Å². The van der Waals surface area contributed by atoms with Gasteiger partial charge < -0.3 is 5.32 Å². The number of unbranched alkanes of at least 4 members (excludes halogenated alkanes) is 26. The first kappa shape index (κ1) is 33.0. The van der Waals surface area contributed by atoms with Gasteiger partial charge in [0.15, 0.2) is 0 Å². The minimum absolute atomic E-state index is 1.25. The molecule has 0 aliphatic carbocycles. The first-order valence-electron chi connectivity index (χ1n) is 16.1. The standard InChI is InChI=1S/C32H67N/c1-3-5-7-9-11-13-15-16-17-18-19-20-21-22-24-26-28-30-32-33-31-29-27-25-23-14-12-10-8-6-4-2/h33H,3-32H2,1-2H3. The zero-order valence-electron chi connectivity index (χ0n) is 23.7. The van der Waals surface area contributed by atoms with Crippen LogP contribution in [0, 0.1) is 0 Å². The van der Waals surface area contributed by atoms with Crippen LogP contribution in [0.15, 0.2) is 0 Å². The third kappa shape index (κ3) is 32.0. The molecule has 0 aliphatic rings. The van der Waals surface area contributed by atoms with Crippen LogP contribution in [0.1, 0.15) is 194 Å². The van der Waals surface area contributed by atoms with Gasteiger partial charge in [-0.15, -0.1) is 0 Å². The average molecular weight is 466 g/mol. The van der Waals surface area contributed by atoms with E-state index in [0.29, 0.717) is 0 Å². The number of hydrogen-bond donors (Lipinski definition) is 1. The smallest absolute Gasteiger partial charge is 0.00489 e. The van der Waals surface area contributed by atoms with Crippen molar-refractivity contribution in [2.45, 2.75) is 194 Å². The van der Waals surface area contributed by atoms with Gasteiger partial charge in [-0.2, -0.15) is 0 Å². The lowest BCUT2D eigenvalue weighted by Crippen LogP contribution is -2.16. The summed E-state index contributed by atoms with van der Waals surface area (Å²) >= 11 is 0. The molecule has 0 aromatic rings. The lowest BCUT2D eigenvalue weighted by Gasteiger charge is -2.06. The highest BCUT2D eigenvalue weighted by molar-refractivity contribution is 4.53. The van der Waals surface area contributed by atoms with Crippen LogP contribution >= 0.6 is 0 Å². The van der Waals surface area contributed by atoms with Gasteiger partial charge in [-0.25, -0.2) is 0 Å². The van der Waals surface area contributed by atoms with E-state index in [1.165, 1.54) is 193 Å². The molecule has 0 atom stereocenters. The van der Waals surface area contributed by atoms with Crippen molar-refractivity contribution in [3.8, 4) is 0 Å². The summed E-state index contributed by atoms with van der Waals surface area (Å²) in [6, 6.07) is 0. The molecule has 0 heterocycles. The Bertz CT molecular complexity index is 284. The fourth-order valence-electron chi connectivity index (χ4n) is 5.01. The molecule has 1 N–H and O–H groups in total. The third-order valence-corrected chi connectivity index (χ3v) is 7.41. The molecular formula is C32H67N. The quantitative estimate of drug-likeness (QED) is 0.104. The summed E-state index contributed by atoms with van der Waals surface area (Å²) in [6.07, 6.45) is 40.7. The second-order valence-electron chi connectivity index (χ2n) is 10.9. The number of hydrogen-bond acceptors (Lipinski definition) is 1. The van der Waals surface area contributed by atoms with E-state index in [9.17, 15) is 0 Å². The van der Waals surface area contributed by atoms with Crippen molar-refractivity contribution in [2.75, 3.05) is 13.1 Å². The zero-order chi connectivity index (χ0) is 23.9. The van der Waals surface area contributed by atoms with E-state index in [4.69, 9.17) is 0 Å². The van der Waals surface area contributed by atoms with Crippen LogP contribution in [0.2, 0.25) is 0 Å². The molecule has 200 valence electrons. The molecule has 0 saturated carbocycles. The normalized spacial score (nSPS) is 11.5. The molecule has 0 fully saturated rings. The maximum absolute atomic E-state index is 3.67. The highest BCUT2D eigenvalue weighted by atomic mass is 14.8. The molecular weight excluding hydrogens is 398 g/mol. The number of nitrogens with one attached hydrogen (secondary N) is 1. The topological polar surface area (TPSA) is 12.0 Å². The Labute approximate surface area is 212 Å². The number of rotatable bonds is 30. The molecule has 1 heteroatoms. The van der Waals surface area contributed by atoms with Crippen molar-refractivity contribution in [1.82, 2.24) is 5.32 Å². The van der Waals surface area contributed by atoms with Gasteiger partial charge in [0.1, 0.15) is 0 Å². The van der Waals surface area contributed by atoms with Crippen LogP contribution in [0.3, 0.4) is 0 Å². The molecule has 0 saturated heterocycles. The van der Waals surface area contributed by atoms with Crippen molar-refractivity contribution in [3.63, 3.8) is 0 Å². The van der Waals surface area contributed by atoms with E-state index >= 15 is 0 Å². The summed E-state index contributed by atoms with van der Waals surface area (Å²) in [5, 5.41) is 3.67. The van der Waals surface area contributed by atoms with E-state index in [-0.39, 0.29) is 0 Å². The Morgan fingerprint density at radius 1 is 0.242 bits per heavy atom. The Morgan fingerprint density at radius 3 is 0.636 bits per heavy atom. The van der Waals surface area contributed by atoms with Gasteiger partial charge in [-0.1, -0.05) is 181 Å². The fraction of sp³-hybridized carbons (Fsp3) is 1.00. The monoisotopic (exact) mass is 466 g/mol. The third-order valence-electron chi connectivity index (χ3n) is 7.41. The van der Waals surface area contributed by atoms with Crippen LogP contribution in [0.25, 0.3) is 0 Å². The average Bonchev–Trinajstić information content (AvgIpc) is 2.83. The summed E-state index contributed by atoms with van der Waals surface area (Å²) in [6.45, 7) is 7.10. The second kappa shape index (κ2) is 32.0. The van der Waals surface area contributed by atoms with Gasteiger partial charge in [0.2, 0.25) is 0 Å². The molecule has 33 heavy (non-hydrogen) atoms. The van der Waals surface area contributed by atoms with Crippen molar-refractivity contribution in [2.24, 2.45) is 0 Å². The summed E-state index contributed by atoms with van der Waals surface area (Å²) in [4.78, 5) is 0. The molecule has 0 rings (SSSR count). The summed E-state index contributed by atoms with van der Waals surface area (Å²) in [5.74, 6) is 0. The summed E-state index contributed by atoms with van der Waals surface area (Å²) < 4.78 is 0. The van der Waals surface area contributed by atoms with Crippen molar-refractivity contribution in [3.05, 3.63) is 0 Å². The van der Waals surface area contributed by atoms with Crippen molar-refractivity contribution >= 4 is 0 Å². The molecule has 0 unspecified atom stereocenters. The predicted molar refractivity (Wildman–Crippen MR) is 153 cm³/mol. The van der Waals surface area contributed by atoms with E-state index in [2.05, 4.69) is 19.2 Å². The van der Waals surface area contributed by atoms with Gasteiger partial charge in [0, 0.05) is 0 Å². The van der Waals surface area contributed by atoms with Crippen LogP contribution in [0.4, 0.5) is 0 Å². The molecule has 0 aromatic carbocycles. The minimum Gasteiger partial charge on any atom is -0.317 e. The molecule has 0 bridgehead atoms. The molecule has 1 nitrogen and oxygen atoms in total. The van der Waals surface area contributed by atoms with Crippen LogP contribution in [-0.2, 0) is 0 Å². The van der Waals surface area contributed by atoms with Crippen LogP contribution < -0.4 is 5.32 Å². The van der Waals surface area contributed by atoms with E-state index in [1.54, 1.807) is 0 Å². The summed E-state index contributed by atoms with van der Waals surface area (Å²) in [5.41, 5.74) is 0. The van der Waals surface area contributed by atoms with Gasteiger partial charge in [0.05, 0.1) is 0 Å². The molecule has 0 amide bonds. The highest BCUT2D eigenvalue weighted by Crippen LogP contribution is 2.14. The van der Waals surface area contributed by atoms with E-state index < -0.39 is 0 Å². The lowest BCUT2D eigenvalue weighted by molar-refractivity contribution is 0.517. The van der Waals surface area contributed by atoms with Crippen molar-refractivity contribution < 1.29 is 0 Å². The fourth-order valence-corrected chi connectivity index (χ4v) is 5.01. The minimum atomic E-state index is 1.25. The lowest BCUT2D eigenvalue weighted by atomic mass is 10.0. The van der Waals surface area contributed by atoms with Crippen LogP contribution in [0.5, 0.6) is 0 Å². The molecule has 0 aliphatic heterocycles. The maximum atomic E-state index is 3.67. The van der Waals surface area contributed by atoms with Crippen molar-refractivity contribution in [1.29, 1.82) is 0 Å². The van der Waals surface area contributed by atoms with Crippen LogP contribution in [-0.4, -0.2) is 13.1 Å². The molecule has 0 aromatic heterocycles. The Kier molecular flexibility index (Phi) is 31.9. The first-order chi connectivity index (χ1) is 16.4. The molecule has 0 spiro atoms. The Hall–Kier alpha value is -0.0400. The predicted octanol–water partition coefficient (Wildman–Crippen LogP) is 11.5. The van der Waals surface area contributed by atoms with Gasteiger partial charge in [-0.3, -0.25) is 0 Å². The van der Waals surface area contributed by atoms with Gasteiger partial charge in [-0.05, 0) is 25.9 Å². The maximum Gasteiger partial charge on any atom is -0.00489 e. The largest absolute Gasteiger partial charge is 0.317 e. The molecule has 0 radical (unpaired) electrons. The highest BCUT2D eigenvalue weighted by Gasteiger charge is 1.96. The SMILES string of the molecule is CCCCCCCCCCCCCCCCCCCCNCCCCCCCCCCCC. The van der Waals surface area contributed by atoms with Gasteiger partial charge in [0.25, 0.3) is 0 Å². The first-order valence-corrected chi connectivity index (χ1v) is 16.1.